The first kappa shape index (κ1) is 43.5. The molecule has 0 spiro atoms. The van der Waals surface area contributed by atoms with Gasteiger partial charge in [-0.15, -0.1) is 0 Å². The predicted octanol–water partition coefficient (Wildman–Crippen LogP) is 13.1. The Morgan fingerprint density at radius 3 is 1.51 bits per heavy atom. The van der Waals surface area contributed by atoms with Crippen LogP contribution in [0.3, 0.4) is 0 Å². The van der Waals surface area contributed by atoms with Gasteiger partial charge in [-0.25, -0.2) is 19.8 Å². The summed E-state index contributed by atoms with van der Waals surface area (Å²) in [5, 5.41) is 17.1. The third-order valence-corrected chi connectivity index (χ3v) is 18.4. The molecule has 2 aromatic heterocycles. The van der Waals surface area contributed by atoms with Crippen molar-refractivity contribution in [2.75, 3.05) is 0 Å². The van der Waals surface area contributed by atoms with E-state index < -0.39 is 8.07 Å². The van der Waals surface area contributed by atoms with Gasteiger partial charge in [-0.05, 0) is 91.5 Å². The number of rotatable bonds is 10. The maximum atomic E-state index is 9.84. The van der Waals surface area contributed by atoms with Gasteiger partial charge in [0.2, 0.25) is 0 Å². The van der Waals surface area contributed by atoms with Gasteiger partial charge >= 0.3 is 0 Å². The molecule has 2 heterocycles. The van der Waals surface area contributed by atoms with E-state index in [1.807, 2.05) is 72.8 Å². The molecule has 0 aliphatic carbocycles. The highest BCUT2D eigenvalue weighted by Crippen LogP contribution is 2.39. The van der Waals surface area contributed by atoms with Gasteiger partial charge in [0.15, 0.2) is 31.2 Å². The average molecular weight is 935 g/mol. The molecule has 6 nitrogen and oxygen atoms in total. The summed E-state index contributed by atoms with van der Waals surface area (Å²) in [7, 11) is -2.90. The lowest BCUT2D eigenvalue weighted by Gasteiger charge is -2.34. The molecule has 0 bridgehead atoms. The molecule has 12 rings (SSSR count). The van der Waals surface area contributed by atoms with E-state index in [4.69, 9.17) is 21.5 Å². The van der Waals surface area contributed by atoms with E-state index in [2.05, 4.69) is 191 Å². The van der Waals surface area contributed by atoms with Crippen molar-refractivity contribution >= 4 is 56.3 Å². The Bertz CT molecular complexity index is 3860. The van der Waals surface area contributed by atoms with Gasteiger partial charge in [0, 0.05) is 38.7 Å². The second-order valence-corrected chi connectivity index (χ2v) is 21.6. The van der Waals surface area contributed by atoms with Gasteiger partial charge in [0.05, 0.1) is 23.7 Å². The molecule has 0 amide bonds. The van der Waals surface area contributed by atoms with E-state index in [1.54, 1.807) is 6.07 Å². The Morgan fingerprint density at radius 2 is 0.917 bits per heavy atom. The first-order valence-corrected chi connectivity index (χ1v) is 25.8. The number of fused-ring (bicyclic) bond motifs is 3. The first-order valence-electron chi connectivity index (χ1n) is 23.8. The van der Waals surface area contributed by atoms with Crippen LogP contribution in [-0.2, 0) is 0 Å². The normalized spacial score (nSPS) is 11.3. The molecule has 336 valence electrons. The van der Waals surface area contributed by atoms with Crippen molar-refractivity contribution < 1.29 is 0 Å². The van der Waals surface area contributed by atoms with Crippen molar-refractivity contribution in [3.63, 3.8) is 0 Å². The molecule has 0 atom stereocenters. The Kier molecular flexibility index (Phi) is 11.2. The molecule has 0 N–H and O–H groups in total. The zero-order valence-corrected chi connectivity index (χ0v) is 39.9. The molecule has 0 fully saturated rings. The number of nitrogens with zero attached hydrogens (tertiary/aromatic N) is 6. The zero-order chi connectivity index (χ0) is 48.4. The largest absolute Gasteiger partial charge is 0.309 e. The van der Waals surface area contributed by atoms with Crippen LogP contribution in [0, 0.1) is 17.9 Å². The lowest BCUT2D eigenvalue weighted by atomic mass is 9.98. The van der Waals surface area contributed by atoms with Crippen LogP contribution in [0.25, 0.3) is 88.8 Å². The summed E-state index contributed by atoms with van der Waals surface area (Å²) >= 11 is 0. The first-order chi connectivity index (χ1) is 35.6. The van der Waals surface area contributed by atoms with Crippen LogP contribution in [0.15, 0.2) is 255 Å². The molecule has 12 aromatic rings. The number of para-hydroxylation sites is 1. The summed E-state index contributed by atoms with van der Waals surface area (Å²) in [6.07, 6.45) is 0. The van der Waals surface area contributed by atoms with E-state index in [0.717, 1.165) is 66.4 Å². The van der Waals surface area contributed by atoms with E-state index in [-0.39, 0.29) is 0 Å². The summed E-state index contributed by atoms with van der Waals surface area (Å²) in [6, 6.07) is 91.5. The minimum Gasteiger partial charge on any atom is -0.309 e. The summed E-state index contributed by atoms with van der Waals surface area (Å²) in [5.74, 6) is 1.72. The van der Waals surface area contributed by atoms with Crippen LogP contribution >= 0.6 is 0 Å². The van der Waals surface area contributed by atoms with Gasteiger partial charge in [0.1, 0.15) is 0 Å². The maximum Gasteiger partial charge on any atom is 0.189 e. The fourth-order valence-corrected chi connectivity index (χ4v) is 15.2. The second kappa shape index (κ2) is 18.6. The fourth-order valence-electron chi connectivity index (χ4n) is 10.4. The molecule has 7 heteroatoms. The van der Waals surface area contributed by atoms with Crippen molar-refractivity contribution in [1.82, 2.24) is 19.5 Å². The highest BCUT2D eigenvalue weighted by atomic mass is 28.3. The Morgan fingerprint density at radius 1 is 0.389 bits per heavy atom. The molecule has 0 saturated carbocycles. The topological polar surface area (TPSA) is 71.8 Å². The van der Waals surface area contributed by atoms with Crippen molar-refractivity contribution in [3.05, 3.63) is 272 Å². The van der Waals surface area contributed by atoms with E-state index >= 15 is 0 Å². The minimum atomic E-state index is -2.90. The molecular weight excluding hydrogens is 893 g/mol. The lowest BCUT2D eigenvalue weighted by Crippen LogP contribution is -2.74. The molecule has 0 unspecified atom stereocenters. The average Bonchev–Trinajstić information content (AvgIpc) is 3.80. The Hall–Kier alpha value is -9.79. The van der Waals surface area contributed by atoms with Gasteiger partial charge < -0.3 is 4.57 Å². The Balaban J connectivity index is 1.12. The van der Waals surface area contributed by atoms with Gasteiger partial charge in [-0.1, -0.05) is 206 Å². The zero-order valence-electron chi connectivity index (χ0n) is 38.9. The number of benzene rings is 10. The summed E-state index contributed by atoms with van der Waals surface area (Å²) < 4.78 is 2.31. The molecule has 0 aliphatic rings. The van der Waals surface area contributed by atoms with Crippen molar-refractivity contribution in [3.8, 4) is 68.2 Å². The number of aromatic nitrogens is 4. The molecule has 72 heavy (non-hydrogen) atoms. The molecule has 0 saturated heterocycles. The Labute approximate surface area is 418 Å². The number of hydrogen-bond acceptors (Lipinski definition) is 4. The van der Waals surface area contributed by atoms with Crippen molar-refractivity contribution in [2.24, 2.45) is 0 Å². The summed E-state index contributed by atoms with van der Waals surface area (Å²) in [4.78, 5) is 19.5. The van der Waals surface area contributed by atoms with E-state index in [1.165, 1.54) is 20.7 Å². The van der Waals surface area contributed by atoms with Gasteiger partial charge in [-0.2, -0.15) is 5.26 Å². The fraction of sp³-hybridized carbons (Fsp3) is 0. The number of nitriles is 1. The van der Waals surface area contributed by atoms with Gasteiger partial charge in [-0.3, -0.25) is 0 Å². The highest BCUT2D eigenvalue weighted by Gasteiger charge is 2.41. The van der Waals surface area contributed by atoms with E-state index in [9.17, 15) is 5.26 Å². The summed E-state index contributed by atoms with van der Waals surface area (Å²) in [6.45, 7) is 7.72. The van der Waals surface area contributed by atoms with Crippen LogP contribution < -0.4 is 20.7 Å². The van der Waals surface area contributed by atoms with Crippen LogP contribution in [0.5, 0.6) is 0 Å². The molecule has 10 aromatic carbocycles. The maximum absolute atomic E-state index is 9.84. The highest BCUT2D eigenvalue weighted by molar-refractivity contribution is 7.19. The minimum absolute atomic E-state index is 0.433. The second-order valence-electron chi connectivity index (χ2n) is 17.8. The van der Waals surface area contributed by atoms with E-state index in [0.29, 0.717) is 28.7 Å². The quantitative estimate of drug-likeness (QED) is 0.0778. The number of hydrogen-bond donors (Lipinski definition) is 0. The molecule has 0 aliphatic heterocycles. The third-order valence-electron chi connectivity index (χ3n) is 13.6. The van der Waals surface area contributed by atoms with Crippen LogP contribution in [0.2, 0.25) is 0 Å². The molecule has 0 radical (unpaired) electrons. The summed E-state index contributed by atoms with van der Waals surface area (Å²) in [5.41, 5.74) is 10.3. The van der Waals surface area contributed by atoms with Crippen LogP contribution in [0.4, 0.5) is 5.69 Å². The monoisotopic (exact) mass is 934 g/mol. The smallest absolute Gasteiger partial charge is 0.189 e. The van der Waals surface area contributed by atoms with Gasteiger partial charge in [0.25, 0.3) is 0 Å². The van der Waals surface area contributed by atoms with Crippen molar-refractivity contribution in [2.45, 2.75) is 0 Å². The predicted molar refractivity (Wildman–Crippen MR) is 296 cm³/mol. The standard InChI is InChI=1S/C65H42N6Si/c1-67-51-39-45(44-66)38-50(40-51)48-34-37-62-59(42-48)58-32-17-18-33-61(58)71(62)52-35-36-57(60(43-52)65-69-63(46-20-7-2-8-21-46)68-64(70-65)47-22-9-3-10-23-47)49-24-19-31-56(41-49)72(53-25-11-4-12-26-53,54-27-13-5-14-28-54)55-29-15-6-16-30-55/h2-43H. The third kappa shape index (κ3) is 7.73. The molecular formula is C65H42N6Si. The lowest BCUT2D eigenvalue weighted by molar-refractivity contribution is 1.07. The van der Waals surface area contributed by atoms with Crippen LogP contribution in [0.1, 0.15) is 5.56 Å². The SMILES string of the molecule is [C-]#[N+]c1cc(C#N)cc(-c2ccc3c(c2)c2ccccc2n3-c2ccc(-c3cccc([Si](c4ccccc4)(c4ccccc4)c4ccccc4)c3)c(-c3nc(-c4ccccc4)nc(-c4ccccc4)n3)c2)c1. The van der Waals surface area contributed by atoms with Crippen molar-refractivity contribution in [1.29, 1.82) is 5.26 Å². The van der Waals surface area contributed by atoms with Crippen LogP contribution in [-0.4, -0.2) is 27.6 Å².